The highest BCUT2D eigenvalue weighted by molar-refractivity contribution is 6.08. The molecule has 3 aromatic heterocycles. The molecule has 1 fully saturated rings. The number of aryl methyl sites for hydroxylation is 1. The van der Waals surface area contributed by atoms with Gasteiger partial charge in [-0.1, -0.05) is 0 Å². The molecule has 1 aliphatic rings. The minimum Gasteiger partial charge on any atom is -0.366 e. The van der Waals surface area contributed by atoms with Gasteiger partial charge in [0.2, 0.25) is 0 Å². The largest absolute Gasteiger partial charge is 0.437 e. The number of carbonyl (C=O) groups excluding carboxylic acids is 1. The maximum Gasteiger partial charge on any atom is 0.437 e. The van der Waals surface area contributed by atoms with Gasteiger partial charge in [-0.15, -0.1) is 0 Å². The van der Waals surface area contributed by atoms with Crippen LogP contribution in [0.15, 0.2) is 24.7 Å². The molecule has 13 heteroatoms. The van der Waals surface area contributed by atoms with Gasteiger partial charge in [0.25, 0.3) is 5.91 Å². The molecule has 0 aromatic carbocycles. The average molecular weight is 426 g/mol. The molecule has 3 N–H and O–H groups in total. The number of aromatic nitrogens is 5. The second kappa shape index (κ2) is 7.55. The van der Waals surface area contributed by atoms with Gasteiger partial charge in [0.05, 0.1) is 11.9 Å². The number of amides is 1. The topological polar surface area (TPSA) is 101 Å². The predicted octanol–water partition coefficient (Wildman–Crippen LogP) is 1.85. The summed E-state index contributed by atoms with van der Waals surface area (Å²) >= 11 is 0. The summed E-state index contributed by atoms with van der Waals surface area (Å²) in [5.41, 5.74) is -1.53. The lowest BCUT2D eigenvalue weighted by molar-refractivity contribution is -0.140. The van der Waals surface area contributed by atoms with E-state index >= 15 is 0 Å². The molecule has 1 amide bonds. The molecular weight excluding hydrogens is 408 g/mol. The van der Waals surface area contributed by atoms with Crippen LogP contribution in [0.2, 0.25) is 0 Å². The van der Waals surface area contributed by atoms with Crippen molar-refractivity contribution in [2.24, 2.45) is 7.05 Å². The zero-order chi connectivity index (χ0) is 21.5. The summed E-state index contributed by atoms with van der Waals surface area (Å²) in [6.07, 6.45) is -1.55. The highest BCUT2D eigenvalue weighted by atomic mass is 19.4. The van der Waals surface area contributed by atoms with Crippen molar-refractivity contribution in [3.8, 4) is 0 Å². The Bertz CT molecular complexity index is 1080. The Kier molecular flexibility index (Phi) is 5.05. The molecule has 3 aromatic rings. The van der Waals surface area contributed by atoms with Crippen LogP contribution in [0.1, 0.15) is 22.5 Å². The van der Waals surface area contributed by atoms with E-state index in [1.54, 1.807) is 12.3 Å². The maximum absolute atomic E-state index is 13.6. The molecule has 1 saturated heterocycles. The fourth-order valence-electron chi connectivity index (χ4n) is 3.30. The van der Waals surface area contributed by atoms with Crippen LogP contribution in [0.4, 0.5) is 29.1 Å². The number of hydrogen-bond donors (Lipinski definition) is 3. The Morgan fingerprint density at radius 3 is 2.87 bits per heavy atom. The van der Waals surface area contributed by atoms with Crippen molar-refractivity contribution in [2.75, 3.05) is 23.7 Å². The molecule has 4 heterocycles. The summed E-state index contributed by atoms with van der Waals surface area (Å²) in [6.45, 7) is 0.854. The molecule has 30 heavy (non-hydrogen) atoms. The van der Waals surface area contributed by atoms with Crippen molar-refractivity contribution in [3.63, 3.8) is 0 Å². The zero-order valence-corrected chi connectivity index (χ0v) is 15.7. The molecule has 160 valence electrons. The molecule has 4 rings (SSSR count). The lowest BCUT2D eigenvalue weighted by Gasteiger charge is -2.26. The number of rotatable bonds is 4. The number of nitrogens with one attached hydrogen (secondary N) is 3. The van der Waals surface area contributed by atoms with E-state index in [1.807, 2.05) is 0 Å². The number of fused-ring (bicyclic) bond motifs is 1. The summed E-state index contributed by atoms with van der Waals surface area (Å²) in [5, 5.41) is 15.6. The van der Waals surface area contributed by atoms with E-state index in [-0.39, 0.29) is 17.3 Å². The number of anilines is 2. The van der Waals surface area contributed by atoms with Crippen LogP contribution in [0.25, 0.3) is 5.65 Å². The molecule has 0 saturated carbocycles. The van der Waals surface area contributed by atoms with E-state index in [9.17, 15) is 22.4 Å². The number of hydrogen-bond acceptors (Lipinski definition) is 6. The third kappa shape index (κ3) is 4.06. The smallest absolute Gasteiger partial charge is 0.366 e. The first kappa shape index (κ1) is 20.1. The van der Waals surface area contributed by atoms with Crippen LogP contribution in [0, 0.1) is 0 Å². The van der Waals surface area contributed by atoms with Crippen molar-refractivity contribution in [2.45, 2.75) is 24.8 Å². The summed E-state index contributed by atoms with van der Waals surface area (Å²) in [6, 6.07) is 1.43. The van der Waals surface area contributed by atoms with Crippen molar-refractivity contribution in [3.05, 3.63) is 35.9 Å². The monoisotopic (exact) mass is 426 g/mol. The van der Waals surface area contributed by atoms with E-state index in [1.165, 1.54) is 17.8 Å². The molecular formula is C17H18F4N8O. The van der Waals surface area contributed by atoms with Crippen molar-refractivity contribution in [1.29, 1.82) is 0 Å². The molecule has 2 atom stereocenters. The Morgan fingerprint density at radius 2 is 2.13 bits per heavy atom. The summed E-state index contributed by atoms with van der Waals surface area (Å²) in [7, 11) is 1.32. The maximum atomic E-state index is 13.6. The number of piperidine rings is 1. The lowest BCUT2D eigenvalue weighted by Crippen LogP contribution is -2.44. The highest BCUT2D eigenvalue weighted by Crippen LogP contribution is 2.33. The van der Waals surface area contributed by atoms with E-state index in [4.69, 9.17) is 0 Å². The number of halogens is 4. The SMILES string of the molecule is Cn1cc(NC(=O)c2cnn3ccc(N[C@H]4CNC[C@@H](F)C4)nc23)c(C(F)(F)F)n1. The van der Waals surface area contributed by atoms with E-state index in [2.05, 4.69) is 31.1 Å². The highest BCUT2D eigenvalue weighted by Gasteiger charge is 2.38. The molecule has 0 aliphatic carbocycles. The Hall–Kier alpha value is -3.22. The quantitative estimate of drug-likeness (QED) is 0.551. The van der Waals surface area contributed by atoms with Gasteiger partial charge in [0.15, 0.2) is 11.3 Å². The number of nitrogens with zero attached hydrogens (tertiary/aromatic N) is 5. The predicted molar refractivity (Wildman–Crippen MR) is 98.9 cm³/mol. The van der Waals surface area contributed by atoms with Gasteiger partial charge in [-0.3, -0.25) is 9.48 Å². The van der Waals surface area contributed by atoms with E-state index < -0.39 is 29.6 Å². The fraction of sp³-hybridized carbons (Fsp3) is 0.412. The summed E-state index contributed by atoms with van der Waals surface area (Å²) in [5.74, 6) is -0.411. The molecule has 0 spiro atoms. The van der Waals surface area contributed by atoms with Crippen molar-refractivity contribution >= 4 is 23.1 Å². The van der Waals surface area contributed by atoms with Gasteiger partial charge in [0, 0.05) is 45.0 Å². The van der Waals surface area contributed by atoms with E-state index in [0.29, 0.717) is 25.3 Å². The Morgan fingerprint density at radius 1 is 1.33 bits per heavy atom. The van der Waals surface area contributed by atoms with Crippen molar-refractivity contribution < 1.29 is 22.4 Å². The van der Waals surface area contributed by atoms with Crippen molar-refractivity contribution in [1.82, 2.24) is 29.7 Å². The van der Waals surface area contributed by atoms with Crippen LogP contribution in [0.5, 0.6) is 0 Å². The second-order valence-corrected chi connectivity index (χ2v) is 6.99. The Labute approximate surface area is 167 Å². The fourth-order valence-corrected chi connectivity index (χ4v) is 3.30. The van der Waals surface area contributed by atoms with Crippen LogP contribution in [-0.4, -0.2) is 55.6 Å². The van der Waals surface area contributed by atoms with Crippen LogP contribution < -0.4 is 16.0 Å². The first-order valence-corrected chi connectivity index (χ1v) is 9.08. The molecule has 0 unspecified atom stereocenters. The molecule has 0 bridgehead atoms. The normalized spacial score (nSPS) is 19.8. The van der Waals surface area contributed by atoms with Gasteiger partial charge in [0.1, 0.15) is 17.6 Å². The Balaban J connectivity index is 1.58. The van der Waals surface area contributed by atoms with Crippen LogP contribution in [0.3, 0.4) is 0 Å². The molecule has 1 aliphatic heterocycles. The zero-order valence-electron chi connectivity index (χ0n) is 15.7. The summed E-state index contributed by atoms with van der Waals surface area (Å²) < 4.78 is 55.2. The third-order valence-electron chi connectivity index (χ3n) is 4.61. The van der Waals surface area contributed by atoms with Gasteiger partial charge in [-0.2, -0.15) is 23.4 Å². The van der Waals surface area contributed by atoms with Gasteiger partial charge in [-0.05, 0) is 6.07 Å². The first-order chi connectivity index (χ1) is 14.2. The van der Waals surface area contributed by atoms with Gasteiger partial charge >= 0.3 is 6.18 Å². The third-order valence-corrected chi connectivity index (χ3v) is 4.61. The molecule has 9 nitrogen and oxygen atoms in total. The summed E-state index contributed by atoms with van der Waals surface area (Å²) in [4.78, 5) is 17.0. The first-order valence-electron chi connectivity index (χ1n) is 9.08. The van der Waals surface area contributed by atoms with Crippen LogP contribution in [-0.2, 0) is 13.2 Å². The van der Waals surface area contributed by atoms with Gasteiger partial charge in [-0.25, -0.2) is 13.9 Å². The number of carbonyl (C=O) groups is 1. The van der Waals surface area contributed by atoms with Gasteiger partial charge < -0.3 is 16.0 Å². The second-order valence-electron chi connectivity index (χ2n) is 6.99. The van der Waals surface area contributed by atoms with E-state index in [0.717, 1.165) is 10.9 Å². The number of alkyl halides is 4. The lowest BCUT2D eigenvalue weighted by atomic mass is 10.1. The minimum absolute atomic E-state index is 0.0132. The standard InChI is InChI=1S/C17H18F4N8O/c1-28-8-12(14(27-28)17(19,20)21)25-16(30)11-7-23-29-3-2-13(26-15(11)29)24-10-4-9(18)5-22-6-10/h2-3,7-10,22H,4-6H2,1H3,(H,24,26)(H,25,30)/t9-,10+/m0/s1. The minimum atomic E-state index is -4.72. The average Bonchev–Trinajstić information content (AvgIpc) is 3.24. The molecule has 0 radical (unpaired) electrons. The van der Waals surface area contributed by atoms with Crippen LogP contribution >= 0.6 is 0 Å².